The van der Waals surface area contributed by atoms with Gasteiger partial charge in [0.05, 0.1) is 18.8 Å². The highest BCUT2D eigenvalue weighted by Gasteiger charge is 2.55. The molecule has 3 amide bonds. The van der Waals surface area contributed by atoms with Crippen LogP contribution in [0.4, 0.5) is 22.8 Å². The second-order valence-electron chi connectivity index (χ2n) is 8.84. The first kappa shape index (κ1) is 19.3. The molecule has 0 aromatic carbocycles. The SMILES string of the molecule is O=C1NC2(CO1)CN(C(=O)N1CC3(CCN(Cc4ccc(C(F)(F)F)nn4)C3)C1)C2. The fourth-order valence-electron chi connectivity index (χ4n) is 4.83. The molecule has 1 aromatic heterocycles. The first-order valence-corrected chi connectivity index (χ1v) is 9.77. The number of hydrogen-bond donors (Lipinski definition) is 1. The maximum Gasteiger partial charge on any atom is 0.435 e. The Hall–Kier alpha value is -2.63. The van der Waals surface area contributed by atoms with Crippen LogP contribution in [0.2, 0.25) is 0 Å². The van der Waals surface area contributed by atoms with Gasteiger partial charge >= 0.3 is 18.3 Å². The average Bonchev–Trinajstić information content (AvgIpc) is 3.22. The summed E-state index contributed by atoms with van der Waals surface area (Å²) in [6, 6.07) is 2.29. The number of cyclic esters (lactones) is 1. The minimum atomic E-state index is -4.49. The van der Waals surface area contributed by atoms with Crippen LogP contribution in [0, 0.1) is 5.41 Å². The predicted molar refractivity (Wildman–Crippen MR) is 95.1 cm³/mol. The molecule has 9 nitrogen and oxygen atoms in total. The molecule has 162 valence electrons. The molecular formula is C18H21F3N6O3. The summed E-state index contributed by atoms with van der Waals surface area (Å²) in [5, 5.41) is 9.74. The Morgan fingerprint density at radius 2 is 1.87 bits per heavy atom. The zero-order valence-corrected chi connectivity index (χ0v) is 16.1. The number of carbonyl (C=O) groups is 2. The molecule has 5 heterocycles. The van der Waals surface area contributed by atoms with Crippen molar-refractivity contribution in [3.8, 4) is 0 Å². The van der Waals surface area contributed by atoms with Gasteiger partial charge in [0.1, 0.15) is 12.1 Å². The molecule has 12 heteroatoms. The lowest BCUT2D eigenvalue weighted by molar-refractivity contribution is -0.141. The number of carbonyl (C=O) groups excluding carboxylic acids is 2. The zero-order chi connectivity index (χ0) is 21.1. The minimum absolute atomic E-state index is 0.0283. The number of likely N-dealkylation sites (tertiary alicyclic amines) is 3. The van der Waals surface area contributed by atoms with Gasteiger partial charge in [-0.25, -0.2) is 9.59 Å². The Kier molecular flexibility index (Phi) is 4.15. The standard InChI is InChI=1S/C18H21F3N6O3/c19-18(20,21)13-2-1-12(23-24-13)5-25-4-3-16(6-25)7-26(8-16)15(29)27-9-17(10-27)11-30-14(28)22-17/h1-2H,3-11H2,(H,22,28). The third-order valence-electron chi connectivity index (χ3n) is 6.34. The number of ether oxygens (including phenoxy) is 1. The van der Waals surface area contributed by atoms with Gasteiger partial charge in [0.15, 0.2) is 5.69 Å². The lowest BCUT2D eigenvalue weighted by Gasteiger charge is -2.53. The monoisotopic (exact) mass is 426 g/mol. The van der Waals surface area contributed by atoms with E-state index in [4.69, 9.17) is 4.74 Å². The summed E-state index contributed by atoms with van der Waals surface area (Å²) in [5.41, 5.74) is -0.891. The van der Waals surface area contributed by atoms with Gasteiger partial charge in [-0.3, -0.25) is 4.90 Å². The van der Waals surface area contributed by atoms with E-state index >= 15 is 0 Å². The number of alkyl halides is 3. The zero-order valence-electron chi connectivity index (χ0n) is 16.1. The van der Waals surface area contributed by atoms with Gasteiger partial charge in [-0.15, -0.1) is 5.10 Å². The Labute approximate surface area is 170 Å². The Balaban J connectivity index is 1.10. The molecule has 0 atom stereocenters. The van der Waals surface area contributed by atoms with E-state index in [0.29, 0.717) is 45.0 Å². The average molecular weight is 426 g/mol. The Morgan fingerprint density at radius 1 is 1.13 bits per heavy atom. The van der Waals surface area contributed by atoms with E-state index in [2.05, 4.69) is 20.4 Å². The van der Waals surface area contributed by atoms with Crippen LogP contribution in [-0.4, -0.2) is 88.4 Å². The van der Waals surface area contributed by atoms with E-state index in [1.807, 2.05) is 4.90 Å². The molecule has 30 heavy (non-hydrogen) atoms. The smallest absolute Gasteiger partial charge is 0.435 e. The normalized spacial score (nSPS) is 24.6. The number of urea groups is 1. The van der Waals surface area contributed by atoms with Gasteiger partial charge in [0.2, 0.25) is 0 Å². The maximum absolute atomic E-state index is 12.6. The molecule has 4 aliphatic rings. The number of rotatable bonds is 2. The van der Waals surface area contributed by atoms with E-state index in [0.717, 1.165) is 25.6 Å². The van der Waals surface area contributed by atoms with Crippen molar-refractivity contribution in [2.45, 2.75) is 24.7 Å². The summed E-state index contributed by atoms with van der Waals surface area (Å²) in [6.07, 6.45) is -4.00. The van der Waals surface area contributed by atoms with E-state index in [9.17, 15) is 22.8 Å². The summed E-state index contributed by atoms with van der Waals surface area (Å²) in [5.74, 6) is 0. The molecule has 0 aliphatic carbocycles. The summed E-state index contributed by atoms with van der Waals surface area (Å²) in [7, 11) is 0. The van der Waals surface area contributed by atoms with E-state index in [1.54, 1.807) is 4.90 Å². The van der Waals surface area contributed by atoms with Gasteiger partial charge in [0, 0.05) is 31.6 Å². The number of nitrogens with zero attached hydrogens (tertiary/aromatic N) is 5. The number of halogens is 3. The highest BCUT2D eigenvalue weighted by Crippen LogP contribution is 2.41. The fraction of sp³-hybridized carbons (Fsp3) is 0.667. The van der Waals surface area contributed by atoms with Crippen molar-refractivity contribution >= 4 is 12.1 Å². The number of amides is 3. The predicted octanol–water partition coefficient (Wildman–Crippen LogP) is 0.917. The maximum atomic E-state index is 12.6. The van der Waals surface area contributed by atoms with Crippen LogP contribution in [0.5, 0.6) is 0 Å². The molecule has 0 radical (unpaired) electrons. The van der Waals surface area contributed by atoms with Gasteiger partial charge in [-0.2, -0.15) is 18.3 Å². The fourth-order valence-corrected chi connectivity index (χ4v) is 4.83. The van der Waals surface area contributed by atoms with Crippen molar-refractivity contribution in [3.63, 3.8) is 0 Å². The molecule has 4 saturated heterocycles. The van der Waals surface area contributed by atoms with Crippen molar-refractivity contribution in [3.05, 3.63) is 23.5 Å². The lowest BCUT2D eigenvalue weighted by atomic mass is 9.79. The molecular weight excluding hydrogens is 405 g/mol. The van der Waals surface area contributed by atoms with Crippen LogP contribution < -0.4 is 5.32 Å². The minimum Gasteiger partial charge on any atom is -0.447 e. The summed E-state index contributed by atoms with van der Waals surface area (Å²) >= 11 is 0. The molecule has 0 bridgehead atoms. The first-order valence-electron chi connectivity index (χ1n) is 9.77. The van der Waals surface area contributed by atoms with E-state index in [-0.39, 0.29) is 11.4 Å². The molecule has 2 spiro atoms. The second kappa shape index (κ2) is 6.43. The van der Waals surface area contributed by atoms with Crippen molar-refractivity contribution < 1.29 is 27.5 Å². The van der Waals surface area contributed by atoms with E-state index in [1.165, 1.54) is 6.07 Å². The highest BCUT2D eigenvalue weighted by molar-refractivity contribution is 5.78. The second-order valence-corrected chi connectivity index (χ2v) is 8.84. The lowest BCUT2D eigenvalue weighted by Crippen LogP contribution is -2.73. The van der Waals surface area contributed by atoms with Crippen molar-refractivity contribution in [1.29, 1.82) is 0 Å². The van der Waals surface area contributed by atoms with Gasteiger partial charge in [0.25, 0.3) is 0 Å². The van der Waals surface area contributed by atoms with Crippen molar-refractivity contribution in [2.75, 3.05) is 45.9 Å². The molecule has 0 unspecified atom stereocenters. The van der Waals surface area contributed by atoms with Crippen LogP contribution in [0.15, 0.2) is 12.1 Å². The molecule has 0 saturated carbocycles. The van der Waals surface area contributed by atoms with Crippen LogP contribution >= 0.6 is 0 Å². The summed E-state index contributed by atoms with van der Waals surface area (Å²) in [6.45, 7) is 4.55. The third kappa shape index (κ3) is 3.32. The number of aromatic nitrogens is 2. The molecule has 1 aromatic rings. The van der Waals surface area contributed by atoms with Crippen LogP contribution in [0.25, 0.3) is 0 Å². The number of hydrogen-bond acceptors (Lipinski definition) is 6. The van der Waals surface area contributed by atoms with Crippen molar-refractivity contribution in [2.24, 2.45) is 5.41 Å². The quantitative estimate of drug-likeness (QED) is 0.756. The van der Waals surface area contributed by atoms with Crippen LogP contribution in [0.1, 0.15) is 17.8 Å². The van der Waals surface area contributed by atoms with Crippen LogP contribution in [-0.2, 0) is 17.5 Å². The highest BCUT2D eigenvalue weighted by atomic mass is 19.4. The number of nitrogens with one attached hydrogen (secondary N) is 1. The largest absolute Gasteiger partial charge is 0.447 e. The Morgan fingerprint density at radius 3 is 2.47 bits per heavy atom. The summed E-state index contributed by atoms with van der Waals surface area (Å²) < 4.78 is 42.7. The first-order chi connectivity index (χ1) is 14.2. The van der Waals surface area contributed by atoms with Crippen LogP contribution in [0.3, 0.4) is 0 Å². The molecule has 5 rings (SSSR count). The van der Waals surface area contributed by atoms with Gasteiger partial charge < -0.3 is 19.9 Å². The number of alkyl carbamates (subject to hydrolysis) is 1. The molecule has 1 N–H and O–H groups in total. The van der Waals surface area contributed by atoms with E-state index < -0.39 is 23.5 Å². The third-order valence-corrected chi connectivity index (χ3v) is 6.34. The van der Waals surface area contributed by atoms with Gasteiger partial charge in [-0.1, -0.05) is 0 Å². The molecule has 4 fully saturated rings. The summed E-state index contributed by atoms with van der Waals surface area (Å²) in [4.78, 5) is 29.5. The van der Waals surface area contributed by atoms with Crippen molar-refractivity contribution in [1.82, 2.24) is 30.2 Å². The topological polar surface area (TPSA) is 90.9 Å². The Bertz CT molecular complexity index is 865. The molecule has 4 aliphatic heterocycles. The van der Waals surface area contributed by atoms with Gasteiger partial charge in [-0.05, 0) is 25.1 Å².